The van der Waals surface area contributed by atoms with E-state index in [9.17, 15) is 9.00 Å². The molecule has 0 saturated carbocycles. The molecule has 0 aliphatic rings. The van der Waals surface area contributed by atoms with Crippen LogP contribution in [0.3, 0.4) is 0 Å². The van der Waals surface area contributed by atoms with Crippen LogP contribution in [0.15, 0.2) is 46.5 Å². The summed E-state index contributed by atoms with van der Waals surface area (Å²) in [6, 6.07) is 5.57. The van der Waals surface area contributed by atoms with Crippen LogP contribution in [-0.2, 0) is 27.9 Å². The highest BCUT2D eigenvalue weighted by Crippen LogP contribution is 2.23. The van der Waals surface area contributed by atoms with Gasteiger partial charge in [0.25, 0.3) is 0 Å². The van der Waals surface area contributed by atoms with E-state index in [2.05, 4.69) is 30.1 Å². The molecule has 1 amide bonds. The normalized spacial score (nSPS) is 12.5. The third-order valence-electron chi connectivity index (χ3n) is 3.99. The summed E-state index contributed by atoms with van der Waals surface area (Å²) >= 11 is 1.71. The Morgan fingerprint density at radius 2 is 2.21 bits per heavy atom. The number of nitrogens with zero attached hydrogens (tertiary/aromatic N) is 1. The Morgan fingerprint density at radius 3 is 2.93 bits per heavy atom. The summed E-state index contributed by atoms with van der Waals surface area (Å²) in [7, 11) is -1.28. The molecule has 0 saturated heterocycles. The van der Waals surface area contributed by atoms with Crippen molar-refractivity contribution in [1.29, 1.82) is 0 Å². The Labute approximate surface area is 173 Å². The monoisotopic (exact) mass is 424 g/mol. The lowest BCUT2D eigenvalue weighted by atomic mass is 10.4. The number of amides is 1. The van der Waals surface area contributed by atoms with Crippen molar-refractivity contribution < 1.29 is 18.2 Å². The second-order valence-electron chi connectivity index (χ2n) is 6.12. The van der Waals surface area contributed by atoms with Gasteiger partial charge in [0, 0.05) is 34.0 Å². The SMILES string of the molecule is CCN(CC)Cc1cc(OCC/C=C\NC(=O)CS(=O)Cc2ccco2)cs1. The van der Waals surface area contributed by atoms with Gasteiger partial charge in [-0.05, 0) is 37.5 Å². The second kappa shape index (κ2) is 12.5. The molecule has 0 spiro atoms. The minimum Gasteiger partial charge on any atom is -0.492 e. The van der Waals surface area contributed by atoms with Gasteiger partial charge in [-0.15, -0.1) is 11.3 Å². The van der Waals surface area contributed by atoms with E-state index < -0.39 is 10.8 Å². The molecule has 0 bridgehead atoms. The molecule has 1 N–H and O–H groups in total. The Morgan fingerprint density at radius 1 is 1.39 bits per heavy atom. The van der Waals surface area contributed by atoms with Crippen molar-refractivity contribution in [3.8, 4) is 5.75 Å². The van der Waals surface area contributed by atoms with Crippen LogP contribution >= 0.6 is 11.3 Å². The van der Waals surface area contributed by atoms with Gasteiger partial charge < -0.3 is 14.5 Å². The fraction of sp³-hybridized carbons (Fsp3) is 0.450. The first kappa shape index (κ1) is 22.4. The van der Waals surface area contributed by atoms with Crippen molar-refractivity contribution in [2.45, 2.75) is 32.6 Å². The first-order valence-corrected chi connectivity index (χ1v) is 11.7. The smallest absolute Gasteiger partial charge is 0.236 e. The highest BCUT2D eigenvalue weighted by molar-refractivity contribution is 7.84. The molecule has 154 valence electrons. The van der Waals surface area contributed by atoms with E-state index in [1.807, 2.05) is 11.5 Å². The number of thiophene rings is 1. The lowest BCUT2D eigenvalue weighted by Gasteiger charge is -2.16. The highest BCUT2D eigenvalue weighted by Gasteiger charge is 2.09. The fourth-order valence-corrected chi connectivity index (χ4v) is 4.26. The van der Waals surface area contributed by atoms with E-state index in [1.165, 1.54) is 11.1 Å². The van der Waals surface area contributed by atoms with Crippen molar-refractivity contribution in [3.05, 3.63) is 52.8 Å². The van der Waals surface area contributed by atoms with Gasteiger partial charge in [-0.3, -0.25) is 13.9 Å². The number of carbonyl (C=O) groups is 1. The molecular formula is C20H28N2O4S2. The van der Waals surface area contributed by atoms with Gasteiger partial charge in [-0.2, -0.15) is 0 Å². The Bertz CT molecular complexity index is 752. The predicted octanol–water partition coefficient (Wildman–Crippen LogP) is 3.53. The molecule has 0 aromatic carbocycles. The zero-order chi connectivity index (χ0) is 20.2. The molecule has 28 heavy (non-hydrogen) atoms. The van der Waals surface area contributed by atoms with Crippen LogP contribution in [-0.4, -0.2) is 40.5 Å². The Kier molecular flexibility index (Phi) is 10.0. The van der Waals surface area contributed by atoms with E-state index in [-0.39, 0.29) is 17.4 Å². The maximum atomic E-state index is 11.9. The largest absolute Gasteiger partial charge is 0.492 e. The molecule has 2 rings (SSSR count). The second-order valence-corrected chi connectivity index (χ2v) is 8.58. The van der Waals surface area contributed by atoms with Gasteiger partial charge >= 0.3 is 0 Å². The Balaban J connectivity index is 1.59. The minimum absolute atomic E-state index is 0.0498. The van der Waals surface area contributed by atoms with E-state index in [4.69, 9.17) is 9.15 Å². The van der Waals surface area contributed by atoms with Gasteiger partial charge in [-0.25, -0.2) is 0 Å². The molecule has 0 aliphatic heterocycles. The van der Waals surface area contributed by atoms with Gasteiger partial charge in [0.2, 0.25) is 5.91 Å². The summed E-state index contributed by atoms with van der Waals surface area (Å²) < 4.78 is 22.7. The number of ether oxygens (including phenoxy) is 1. The van der Waals surface area contributed by atoms with Crippen LogP contribution in [0, 0.1) is 0 Å². The van der Waals surface area contributed by atoms with Gasteiger partial charge in [0.15, 0.2) is 0 Å². The molecule has 0 radical (unpaired) electrons. The van der Waals surface area contributed by atoms with Crippen molar-refractivity contribution >= 4 is 28.0 Å². The standard InChI is InChI=1S/C20H28N2O4S2/c1-3-22(4-2)13-19-12-18(14-27-19)26-10-6-5-9-21-20(23)16-28(24)15-17-8-7-11-25-17/h5,7-9,11-12,14H,3-4,6,10,13,15-16H2,1-2H3,(H,21,23)/b9-5-. The van der Waals surface area contributed by atoms with E-state index in [1.54, 1.807) is 29.7 Å². The fourth-order valence-electron chi connectivity index (χ4n) is 2.46. The summed E-state index contributed by atoms with van der Waals surface area (Å²) in [4.78, 5) is 15.4. The Hall–Kier alpha value is -1.90. The number of rotatable bonds is 13. The van der Waals surface area contributed by atoms with Crippen LogP contribution in [0.5, 0.6) is 5.75 Å². The summed E-state index contributed by atoms with van der Waals surface area (Å²) in [6.07, 6.45) is 5.61. The maximum absolute atomic E-state index is 11.9. The van der Waals surface area contributed by atoms with E-state index in [0.29, 0.717) is 18.8 Å². The lowest BCUT2D eigenvalue weighted by Crippen LogP contribution is -2.24. The molecule has 2 aromatic rings. The summed E-state index contributed by atoms with van der Waals surface area (Å²) in [5, 5.41) is 4.65. The average Bonchev–Trinajstić information content (AvgIpc) is 3.34. The minimum atomic E-state index is -1.28. The molecule has 8 heteroatoms. The topological polar surface area (TPSA) is 71.8 Å². The first-order chi connectivity index (χ1) is 13.6. The molecule has 6 nitrogen and oxygen atoms in total. The van der Waals surface area contributed by atoms with Crippen molar-refractivity contribution in [2.75, 3.05) is 25.4 Å². The third-order valence-corrected chi connectivity index (χ3v) is 6.08. The molecule has 1 atom stereocenters. The average molecular weight is 425 g/mol. The highest BCUT2D eigenvalue weighted by atomic mass is 32.2. The van der Waals surface area contributed by atoms with E-state index >= 15 is 0 Å². The lowest BCUT2D eigenvalue weighted by molar-refractivity contribution is -0.117. The molecule has 0 fully saturated rings. The van der Waals surface area contributed by atoms with Crippen LogP contribution in [0.25, 0.3) is 0 Å². The molecule has 2 heterocycles. The molecular weight excluding hydrogens is 396 g/mol. The predicted molar refractivity (Wildman–Crippen MR) is 114 cm³/mol. The van der Waals surface area contributed by atoms with Crippen LogP contribution in [0.2, 0.25) is 0 Å². The van der Waals surface area contributed by atoms with Crippen molar-refractivity contribution in [1.82, 2.24) is 10.2 Å². The first-order valence-electron chi connectivity index (χ1n) is 9.35. The van der Waals surface area contributed by atoms with Crippen molar-refractivity contribution in [2.24, 2.45) is 0 Å². The van der Waals surface area contributed by atoms with Gasteiger partial charge in [0.05, 0.1) is 18.6 Å². The number of furan rings is 1. The number of nitrogens with one attached hydrogen (secondary N) is 1. The molecule has 0 aliphatic carbocycles. The van der Waals surface area contributed by atoms with Gasteiger partial charge in [0.1, 0.15) is 17.3 Å². The van der Waals surface area contributed by atoms with Gasteiger partial charge in [-0.1, -0.05) is 19.9 Å². The number of carbonyl (C=O) groups excluding carboxylic acids is 1. The third kappa shape index (κ3) is 8.41. The molecule has 1 unspecified atom stereocenters. The summed E-state index contributed by atoms with van der Waals surface area (Å²) in [5.41, 5.74) is 0. The van der Waals surface area contributed by atoms with E-state index in [0.717, 1.165) is 25.4 Å². The quantitative estimate of drug-likeness (QED) is 0.498. The molecule has 2 aromatic heterocycles. The van der Waals surface area contributed by atoms with Crippen LogP contribution < -0.4 is 10.1 Å². The summed E-state index contributed by atoms with van der Waals surface area (Å²) in [5.74, 6) is 1.42. The zero-order valence-electron chi connectivity index (χ0n) is 16.4. The number of hydrogen-bond acceptors (Lipinski definition) is 6. The van der Waals surface area contributed by atoms with Crippen molar-refractivity contribution in [3.63, 3.8) is 0 Å². The van der Waals surface area contributed by atoms with Crippen LogP contribution in [0.1, 0.15) is 30.9 Å². The summed E-state index contributed by atoms with van der Waals surface area (Å²) in [6.45, 7) is 7.90. The van der Waals surface area contributed by atoms with Crippen LogP contribution in [0.4, 0.5) is 0 Å². The zero-order valence-corrected chi connectivity index (χ0v) is 18.0. The number of hydrogen-bond donors (Lipinski definition) is 1. The maximum Gasteiger partial charge on any atom is 0.236 e.